The highest BCUT2D eigenvalue weighted by atomic mass is 79.9. The molecule has 0 atom stereocenters. The van der Waals surface area contributed by atoms with E-state index < -0.39 is 0 Å². The van der Waals surface area contributed by atoms with Crippen molar-refractivity contribution in [3.8, 4) is 0 Å². The molecule has 1 aromatic heterocycles. The first-order chi connectivity index (χ1) is 8.97. The van der Waals surface area contributed by atoms with Crippen LogP contribution in [-0.2, 0) is 0 Å². The van der Waals surface area contributed by atoms with Crippen molar-refractivity contribution in [2.24, 2.45) is 0 Å². The van der Waals surface area contributed by atoms with Crippen LogP contribution in [0.2, 0.25) is 0 Å². The van der Waals surface area contributed by atoms with E-state index in [1.165, 1.54) is 0 Å². The molecule has 0 aliphatic heterocycles. The fourth-order valence-electron chi connectivity index (χ4n) is 1.48. The molecule has 0 spiro atoms. The lowest BCUT2D eigenvalue weighted by Gasteiger charge is -2.06. The Morgan fingerprint density at radius 1 is 1.16 bits per heavy atom. The predicted octanol–water partition coefficient (Wildman–Crippen LogP) is 2.81. The summed E-state index contributed by atoms with van der Waals surface area (Å²) in [5, 5.41) is 10.4. The van der Waals surface area contributed by atoms with Crippen molar-refractivity contribution in [3.63, 3.8) is 0 Å². The number of carbonyl (C=O) groups excluding carboxylic acids is 1. The molecule has 0 saturated heterocycles. The third-order valence-electron chi connectivity index (χ3n) is 2.69. The maximum absolute atomic E-state index is 12.1. The van der Waals surface area contributed by atoms with Gasteiger partial charge < -0.3 is 0 Å². The summed E-state index contributed by atoms with van der Waals surface area (Å²) in [4.78, 5) is 16.3. The first kappa shape index (κ1) is 13.6. The zero-order valence-electron chi connectivity index (χ0n) is 10.9. The van der Waals surface area contributed by atoms with Gasteiger partial charge in [0.15, 0.2) is 0 Å². The third-order valence-corrected chi connectivity index (χ3v) is 3.34. The van der Waals surface area contributed by atoms with Gasteiger partial charge in [-0.15, -0.1) is 5.10 Å². The summed E-state index contributed by atoms with van der Waals surface area (Å²) < 4.78 is 0.738. The van der Waals surface area contributed by atoms with Gasteiger partial charge in [-0.1, -0.05) is 6.07 Å². The number of halogens is 1. The number of anilines is 1. The van der Waals surface area contributed by atoms with E-state index in [0.29, 0.717) is 5.56 Å². The number of aromatic nitrogens is 3. The minimum absolute atomic E-state index is 0.209. The first-order valence-corrected chi connectivity index (χ1v) is 6.52. The monoisotopic (exact) mass is 320 g/mol. The summed E-state index contributed by atoms with van der Waals surface area (Å²) in [7, 11) is 0. The van der Waals surface area contributed by atoms with E-state index in [1.54, 1.807) is 6.07 Å². The van der Waals surface area contributed by atoms with Crippen LogP contribution in [0.5, 0.6) is 0 Å². The van der Waals surface area contributed by atoms with Crippen LogP contribution in [0.1, 0.15) is 27.3 Å². The lowest BCUT2D eigenvalue weighted by atomic mass is 10.1. The van der Waals surface area contributed by atoms with Crippen molar-refractivity contribution in [1.82, 2.24) is 15.2 Å². The van der Waals surface area contributed by atoms with Gasteiger partial charge in [-0.05, 0) is 54.4 Å². The van der Waals surface area contributed by atoms with Crippen molar-refractivity contribution in [1.29, 1.82) is 0 Å². The molecule has 0 radical (unpaired) electrons. The van der Waals surface area contributed by atoms with E-state index in [4.69, 9.17) is 0 Å². The third kappa shape index (κ3) is 3.14. The summed E-state index contributed by atoms with van der Waals surface area (Å²) in [6.07, 6.45) is 0. The van der Waals surface area contributed by atoms with Gasteiger partial charge in [-0.25, -0.2) is 4.98 Å². The van der Waals surface area contributed by atoms with Crippen molar-refractivity contribution >= 4 is 27.8 Å². The maximum atomic E-state index is 12.1. The number of carbonyl (C=O) groups is 1. The zero-order valence-corrected chi connectivity index (χ0v) is 12.4. The minimum Gasteiger partial charge on any atom is -0.289 e. The molecule has 2 aromatic rings. The van der Waals surface area contributed by atoms with Crippen molar-refractivity contribution < 1.29 is 4.79 Å². The highest BCUT2D eigenvalue weighted by Gasteiger charge is 2.12. The molecule has 0 unspecified atom stereocenters. The number of aryl methyl sites for hydroxylation is 3. The van der Waals surface area contributed by atoms with Gasteiger partial charge in [0.25, 0.3) is 5.91 Å². The second-order valence-corrected chi connectivity index (χ2v) is 5.10. The van der Waals surface area contributed by atoms with Gasteiger partial charge in [-0.2, -0.15) is 5.10 Å². The van der Waals surface area contributed by atoms with Gasteiger partial charge in [-0.3, -0.25) is 10.1 Å². The molecule has 1 aromatic carbocycles. The van der Waals surface area contributed by atoms with Gasteiger partial charge in [0, 0.05) is 4.47 Å². The largest absolute Gasteiger partial charge is 0.289 e. The molecule has 0 aliphatic carbocycles. The second-order valence-electron chi connectivity index (χ2n) is 4.24. The minimum atomic E-state index is -0.267. The molecule has 5 nitrogen and oxygen atoms in total. The second kappa shape index (κ2) is 5.44. The molecule has 1 heterocycles. The SMILES string of the molecule is Cc1ccc(C(=O)Nc2nnc(C)c(C)n2)c(Br)c1. The van der Waals surface area contributed by atoms with Crippen LogP contribution < -0.4 is 5.32 Å². The molecule has 19 heavy (non-hydrogen) atoms. The molecule has 1 amide bonds. The normalized spacial score (nSPS) is 10.3. The number of nitrogens with one attached hydrogen (secondary N) is 1. The van der Waals surface area contributed by atoms with Gasteiger partial charge in [0.05, 0.1) is 17.0 Å². The van der Waals surface area contributed by atoms with Gasteiger partial charge >= 0.3 is 0 Å². The van der Waals surface area contributed by atoms with Gasteiger partial charge in [0.2, 0.25) is 5.95 Å². The van der Waals surface area contributed by atoms with Gasteiger partial charge in [0.1, 0.15) is 0 Å². The fourth-order valence-corrected chi connectivity index (χ4v) is 2.16. The van der Waals surface area contributed by atoms with Crippen LogP contribution in [0.15, 0.2) is 22.7 Å². The number of amides is 1. The molecule has 0 fully saturated rings. The first-order valence-electron chi connectivity index (χ1n) is 5.73. The fraction of sp³-hybridized carbons (Fsp3) is 0.231. The van der Waals surface area contributed by atoms with E-state index in [9.17, 15) is 4.79 Å². The molecule has 0 aliphatic rings. The van der Waals surface area contributed by atoms with E-state index in [1.807, 2.05) is 32.9 Å². The van der Waals surface area contributed by atoms with Crippen LogP contribution >= 0.6 is 15.9 Å². The number of hydrogen-bond acceptors (Lipinski definition) is 4. The average Bonchev–Trinajstić information content (AvgIpc) is 2.33. The highest BCUT2D eigenvalue weighted by Crippen LogP contribution is 2.19. The van der Waals surface area contributed by atoms with Crippen molar-refractivity contribution in [3.05, 3.63) is 45.2 Å². The molecular formula is C13H13BrN4O. The molecule has 6 heteroatoms. The maximum Gasteiger partial charge on any atom is 0.259 e. The molecule has 0 saturated carbocycles. The Bertz CT molecular complexity index is 643. The molecule has 0 bridgehead atoms. The Morgan fingerprint density at radius 3 is 2.53 bits per heavy atom. The lowest BCUT2D eigenvalue weighted by molar-refractivity contribution is 0.102. The highest BCUT2D eigenvalue weighted by molar-refractivity contribution is 9.10. The van der Waals surface area contributed by atoms with E-state index >= 15 is 0 Å². The Kier molecular flexibility index (Phi) is 3.90. The topological polar surface area (TPSA) is 67.8 Å². The quantitative estimate of drug-likeness (QED) is 0.923. The summed E-state index contributed by atoms with van der Waals surface area (Å²) in [5.41, 5.74) is 3.10. The smallest absolute Gasteiger partial charge is 0.259 e. The number of hydrogen-bond donors (Lipinski definition) is 1. The predicted molar refractivity (Wildman–Crippen MR) is 76.1 cm³/mol. The Labute approximate surface area is 119 Å². The number of benzene rings is 1. The van der Waals surface area contributed by atoms with E-state index in [2.05, 4.69) is 36.4 Å². The summed E-state index contributed by atoms with van der Waals surface area (Å²) >= 11 is 3.37. The summed E-state index contributed by atoms with van der Waals surface area (Å²) in [5.74, 6) is -0.0579. The Morgan fingerprint density at radius 2 is 1.89 bits per heavy atom. The van der Waals surface area contributed by atoms with Crippen LogP contribution in [0.4, 0.5) is 5.95 Å². The van der Waals surface area contributed by atoms with Crippen molar-refractivity contribution in [2.45, 2.75) is 20.8 Å². The molecule has 98 valence electrons. The van der Waals surface area contributed by atoms with Crippen LogP contribution in [-0.4, -0.2) is 21.1 Å². The summed E-state index contributed by atoms with van der Waals surface area (Å²) in [6.45, 7) is 5.60. The lowest BCUT2D eigenvalue weighted by Crippen LogP contribution is -2.16. The number of nitrogens with zero attached hydrogens (tertiary/aromatic N) is 3. The average molecular weight is 321 g/mol. The van der Waals surface area contributed by atoms with Crippen LogP contribution in [0, 0.1) is 20.8 Å². The van der Waals surface area contributed by atoms with E-state index in [0.717, 1.165) is 21.4 Å². The Balaban J connectivity index is 2.23. The Hall–Kier alpha value is -1.82. The van der Waals surface area contributed by atoms with E-state index in [-0.39, 0.29) is 11.9 Å². The summed E-state index contributed by atoms with van der Waals surface area (Å²) in [6, 6.07) is 5.51. The molecule has 2 rings (SSSR count). The standard InChI is InChI=1S/C13H13BrN4O/c1-7-4-5-10(11(14)6-7)12(19)16-13-15-8(2)9(3)17-18-13/h4-6H,1-3H3,(H,15,16,18,19). The van der Waals surface area contributed by atoms with Crippen molar-refractivity contribution in [2.75, 3.05) is 5.32 Å². The van der Waals surface area contributed by atoms with Crippen LogP contribution in [0.25, 0.3) is 0 Å². The molecule has 1 N–H and O–H groups in total. The zero-order chi connectivity index (χ0) is 14.0. The number of rotatable bonds is 2. The van der Waals surface area contributed by atoms with Crippen LogP contribution in [0.3, 0.4) is 0 Å². The molecular weight excluding hydrogens is 308 g/mol.